The molecular formula is C12H15NO7S. The van der Waals surface area contributed by atoms with Gasteiger partial charge in [0.15, 0.2) is 5.78 Å². The van der Waals surface area contributed by atoms with Gasteiger partial charge in [0.05, 0.1) is 18.9 Å². The van der Waals surface area contributed by atoms with Crippen molar-refractivity contribution < 1.29 is 33.8 Å². The van der Waals surface area contributed by atoms with E-state index < -0.39 is 36.1 Å². The van der Waals surface area contributed by atoms with E-state index >= 15 is 0 Å². The number of ether oxygens (including phenoxy) is 2. The second kappa shape index (κ2) is 7.79. The van der Waals surface area contributed by atoms with Crippen molar-refractivity contribution in [3.63, 3.8) is 0 Å². The Kier molecular flexibility index (Phi) is 6.38. The quantitative estimate of drug-likeness (QED) is 0.377. The number of thioether (sulfide) groups is 1. The molecule has 0 aromatic carbocycles. The zero-order valence-corrected chi connectivity index (χ0v) is 12.3. The van der Waals surface area contributed by atoms with Gasteiger partial charge in [-0.3, -0.25) is 14.5 Å². The number of carbonyl (C=O) groups excluding carboxylic acids is 4. The number of methoxy groups -OCH3 is 1. The highest BCUT2D eigenvalue weighted by Crippen LogP contribution is 2.31. The molecule has 2 atom stereocenters. The van der Waals surface area contributed by atoms with E-state index in [2.05, 4.69) is 9.47 Å². The molecule has 0 bridgehead atoms. The number of likely N-dealkylation sites (tertiary alicyclic amines) is 1. The minimum absolute atomic E-state index is 0.118. The molecule has 9 heteroatoms. The van der Waals surface area contributed by atoms with Crippen molar-refractivity contribution in [3.8, 4) is 0 Å². The van der Waals surface area contributed by atoms with Crippen LogP contribution in [0.1, 0.15) is 13.3 Å². The van der Waals surface area contributed by atoms with Crippen molar-refractivity contribution in [2.45, 2.75) is 24.9 Å². The van der Waals surface area contributed by atoms with Crippen molar-refractivity contribution >= 4 is 35.4 Å². The summed E-state index contributed by atoms with van der Waals surface area (Å²) in [6.07, 6.45) is -0.492. The average Bonchev–Trinajstić information content (AvgIpc) is 2.42. The molecule has 1 amide bonds. The average molecular weight is 317 g/mol. The van der Waals surface area contributed by atoms with Crippen LogP contribution in [0, 0.1) is 0 Å². The Morgan fingerprint density at radius 2 is 2.19 bits per heavy atom. The second-order valence-electron chi connectivity index (χ2n) is 4.11. The van der Waals surface area contributed by atoms with Crippen LogP contribution >= 0.6 is 11.8 Å². The maximum absolute atomic E-state index is 11.5. The van der Waals surface area contributed by atoms with Crippen LogP contribution in [0.15, 0.2) is 11.5 Å². The third kappa shape index (κ3) is 4.87. The van der Waals surface area contributed by atoms with Crippen molar-refractivity contribution in [1.29, 1.82) is 0 Å². The number of hydrogen-bond acceptors (Lipinski definition) is 8. The van der Waals surface area contributed by atoms with Gasteiger partial charge in [0.2, 0.25) is 12.1 Å². The zero-order chi connectivity index (χ0) is 16.0. The summed E-state index contributed by atoms with van der Waals surface area (Å²) in [4.78, 5) is 45.4. The van der Waals surface area contributed by atoms with Gasteiger partial charge in [0.1, 0.15) is 6.61 Å². The lowest BCUT2D eigenvalue weighted by Gasteiger charge is -2.41. The Hall–Kier alpha value is -1.87. The van der Waals surface area contributed by atoms with Crippen molar-refractivity contribution in [2.75, 3.05) is 13.7 Å². The van der Waals surface area contributed by atoms with Gasteiger partial charge < -0.3 is 14.6 Å². The third-order valence-electron chi connectivity index (χ3n) is 2.48. The van der Waals surface area contributed by atoms with Gasteiger partial charge in [0.25, 0.3) is 0 Å². The molecule has 1 saturated heterocycles. The normalized spacial score (nSPS) is 19.1. The van der Waals surface area contributed by atoms with Gasteiger partial charge in [-0.05, 0) is 12.3 Å². The second-order valence-corrected chi connectivity index (χ2v) is 5.19. The van der Waals surface area contributed by atoms with Crippen LogP contribution in [0.3, 0.4) is 0 Å². The number of hydrogen-bond donors (Lipinski definition) is 1. The first-order valence-corrected chi connectivity index (χ1v) is 6.86. The lowest BCUT2D eigenvalue weighted by atomic mass is 10.2. The van der Waals surface area contributed by atoms with E-state index in [1.807, 2.05) is 0 Å². The number of ketones is 1. The molecule has 0 saturated carbocycles. The van der Waals surface area contributed by atoms with Gasteiger partial charge in [-0.2, -0.15) is 0 Å². The maximum Gasteiger partial charge on any atom is 0.357 e. The molecule has 1 aliphatic heterocycles. The molecule has 8 nitrogen and oxygen atoms in total. The van der Waals surface area contributed by atoms with Gasteiger partial charge in [-0.25, -0.2) is 9.59 Å². The fraction of sp³-hybridized carbons (Fsp3) is 0.500. The zero-order valence-electron chi connectivity index (χ0n) is 11.5. The lowest BCUT2D eigenvalue weighted by molar-refractivity contribution is -0.179. The van der Waals surface area contributed by atoms with E-state index in [0.29, 0.717) is 0 Å². The number of aliphatic hydroxyl groups is 1. The number of aliphatic hydroxyl groups excluding tert-OH is 1. The third-order valence-corrected chi connectivity index (χ3v) is 3.48. The largest absolute Gasteiger partial charge is 0.466 e. The molecule has 1 fully saturated rings. The lowest BCUT2D eigenvalue weighted by Crippen LogP contribution is -2.58. The van der Waals surface area contributed by atoms with E-state index in [1.165, 1.54) is 19.4 Å². The molecule has 0 aliphatic carbocycles. The summed E-state index contributed by atoms with van der Waals surface area (Å²) in [5, 5.41) is 10.7. The van der Waals surface area contributed by atoms with Crippen LogP contribution in [0.5, 0.6) is 0 Å². The fourth-order valence-electron chi connectivity index (χ4n) is 1.42. The predicted molar refractivity (Wildman–Crippen MR) is 71.6 cm³/mol. The Morgan fingerprint density at radius 3 is 2.71 bits per heavy atom. The van der Waals surface area contributed by atoms with Gasteiger partial charge in [-0.15, -0.1) is 11.8 Å². The monoisotopic (exact) mass is 317 g/mol. The van der Waals surface area contributed by atoms with Gasteiger partial charge in [-0.1, -0.05) is 0 Å². The van der Waals surface area contributed by atoms with E-state index in [1.54, 1.807) is 0 Å². The minimum Gasteiger partial charge on any atom is -0.466 e. The number of esters is 2. The number of amides is 1. The highest BCUT2D eigenvalue weighted by molar-refractivity contribution is 8.02. The number of nitrogens with zero attached hydrogens (tertiary/aromatic N) is 1. The number of β-lactam (4-membered cyclic amide) rings is 1. The summed E-state index contributed by atoms with van der Waals surface area (Å²) in [6, 6.07) is 0. The fourth-order valence-corrected chi connectivity index (χ4v) is 2.40. The predicted octanol–water partition coefficient (Wildman–Crippen LogP) is -0.585. The molecule has 1 rings (SSSR count). The molecule has 21 heavy (non-hydrogen) atoms. The van der Waals surface area contributed by atoms with Crippen molar-refractivity contribution in [3.05, 3.63) is 11.5 Å². The van der Waals surface area contributed by atoms with Crippen molar-refractivity contribution in [1.82, 2.24) is 4.90 Å². The standard InChI is InChI=1S/C12H15NO7S/c1-7(14)6-20-12(18)11(17)13-8(15)5-9(13)21-4-3-10(16)19-2/h3-4,9,11,17H,5-6H2,1-2H3/t9-,11?/m1/s1. The summed E-state index contributed by atoms with van der Waals surface area (Å²) >= 11 is 1.08. The molecular weight excluding hydrogens is 302 g/mol. The molecule has 1 unspecified atom stereocenters. The molecule has 0 aromatic rings. The van der Waals surface area contributed by atoms with Crippen LogP contribution in [0.4, 0.5) is 0 Å². The summed E-state index contributed by atoms with van der Waals surface area (Å²) in [5.74, 6) is -2.43. The van der Waals surface area contributed by atoms with Crippen LogP contribution < -0.4 is 0 Å². The summed E-state index contributed by atoms with van der Waals surface area (Å²) < 4.78 is 8.94. The number of carbonyl (C=O) groups is 4. The molecule has 1 N–H and O–H groups in total. The molecule has 0 aromatic heterocycles. The van der Waals surface area contributed by atoms with E-state index in [9.17, 15) is 24.3 Å². The van der Waals surface area contributed by atoms with Crippen LogP contribution in [-0.4, -0.2) is 59.0 Å². The summed E-state index contributed by atoms with van der Waals surface area (Å²) in [5.41, 5.74) is 0. The Balaban J connectivity index is 2.53. The topological polar surface area (TPSA) is 110 Å². The highest BCUT2D eigenvalue weighted by Gasteiger charge is 2.43. The number of rotatable bonds is 7. The maximum atomic E-state index is 11.5. The van der Waals surface area contributed by atoms with Crippen molar-refractivity contribution in [2.24, 2.45) is 0 Å². The Morgan fingerprint density at radius 1 is 1.52 bits per heavy atom. The minimum atomic E-state index is -1.77. The molecule has 1 heterocycles. The smallest absolute Gasteiger partial charge is 0.357 e. The summed E-state index contributed by atoms with van der Waals surface area (Å²) in [6.45, 7) is 0.767. The number of Topliss-reactive ketones (excluding diaryl/α,β-unsaturated/α-hetero) is 1. The Labute approximate surface area is 125 Å². The van der Waals surface area contributed by atoms with Gasteiger partial charge in [0, 0.05) is 6.08 Å². The first-order chi connectivity index (χ1) is 9.86. The van der Waals surface area contributed by atoms with E-state index in [4.69, 9.17) is 0 Å². The molecule has 116 valence electrons. The van der Waals surface area contributed by atoms with E-state index in [0.717, 1.165) is 22.7 Å². The van der Waals surface area contributed by atoms with Crippen LogP contribution in [-0.2, 0) is 28.7 Å². The van der Waals surface area contributed by atoms with Crippen LogP contribution in [0.2, 0.25) is 0 Å². The summed E-state index contributed by atoms with van der Waals surface area (Å²) in [7, 11) is 1.23. The molecule has 0 spiro atoms. The van der Waals surface area contributed by atoms with Gasteiger partial charge >= 0.3 is 11.9 Å². The highest BCUT2D eigenvalue weighted by atomic mass is 32.2. The Bertz CT molecular complexity index is 476. The van der Waals surface area contributed by atoms with E-state index in [-0.39, 0.29) is 12.2 Å². The first kappa shape index (κ1) is 17.2. The SMILES string of the molecule is COC(=O)C=CS[C@@H]1CC(=O)N1C(O)C(=O)OCC(C)=O. The molecule has 1 aliphatic rings. The first-order valence-electron chi connectivity index (χ1n) is 5.92. The molecule has 0 radical (unpaired) electrons. The van der Waals surface area contributed by atoms with Crippen LogP contribution in [0.25, 0.3) is 0 Å².